The highest BCUT2D eigenvalue weighted by Crippen LogP contribution is 2.02. The monoisotopic (exact) mass is 364 g/mol. The molecule has 142 valence electrons. The van der Waals surface area contributed by atoms with Crippen LogP contribution in [0.1, 0.15) is 27.7 Å². The van der Waals surface area contributed by atoms with Crippen LogP contribution in [0.25, 0.3) is 0 Å². The van der Waals surface area contributed by atoms with Gasteiger partial charge >= 0.3 is 5.97 Å². The smallest absolute Gasteiger partial charge is 0.328 e. The molecular formula is C24H28O3. The molecule has 0 aliphatic rings. The van der Waals surface area contributed by atoms with Crippen molar-refractivity contribution in [2.75, 3.05) is 0 Å². The van der Waals surface area contributed by atoms with E-state index in [1.807, 2.05) is 88.5 Å². The maximum absolute atomic E-state index is 10.4. The van der Waals surface area contributed by atoms with E-state index in [0.29, 0.717) is 0 Å². The van der Waals surface area contributed by atoms with Crippen LogP contribution in [0.4, 0.5) is 0 Å². The van der Waals surface area contributed by atoms with Gasteiger partial charge in [-0.2, -0.15) is 0 Å². The maximum atomic E-state index is 10.4. The van der Waals surface area contributed by atoms with Crippen LogP contribution in [0.15, 0.2) is 107 Å². The second-order valence-corrected chi connectivity index (χ2v) is 5.91. The molecule has 0 aliphatic carbocycles. The van der Waals surface area contributed by atoms with E-state index in [9.17, 15) is 9.59 Å². The van der Waals surface area contributed by atoms with E-state index < -0.39 is 5.97 Å². The van der Waals surface area contributed by atoms with E-state index in [0.717, 1.165) is 34.7 Å². The number of carboxylic acid groups (broad SMARTS) is 1. The molecular weight excluding hydrogens is 336 g/mol. The molecule has 0 aromatic carbocycles. The summed E-state index contributed by atoms with van der Waals surface area (Å²) in [5, 5.41) is 8.56. The summed E-state index contributed by atoms with van der Waals surface area (Å²) in [6.07, 6.45) is 26.2. The van der Waals surface area contributed by atoms with Crippen molar-refractivity contribution in [1.82, 2.24) is 0 Å². The Kier molecular flexibility index (Phi) is 13.3. The Balaban J connectivity index is 4.64. The van der Waals surface area contributed by atoms with Crippen LogP contribution in [0, 0.1) is 0 Å². The van der Waals surface area contributed by atoms with Crippen molar-refractivity contribution < 1.29 is 14.7 Å². The van der Waals surface area contributed by atoms with Crippen molar-refractivity contribution in [3.8, 4) is 0 Å². The summed E-state index contributed by atoms with van der Waals surface area (Å²) in [6.45, 7) is 7.79. The van der Waals surface area contributed by atoms with Gasteiger partial charge in [0.15, 0.2) is 0 Å². The number of allylic oxidation sites excluding steroid dienone is 17. The highest BCUT2D eigenvalue weighted by atomic mass is 16.4. The summed E-state index contributed by atoms with van der Waals surface area (Å²) in [7, 11) is 0. The van der Waals surface area contributed by atoms with Gasteiger partial charge in [0.2, 0.25) is 0 Å². The number of hydrogen-bond donors (Lipinski definition) is 1. The molecule has 0 spiro atoms. The lowest BCUT2D eigenvalue weighted by atomic mass is 10.2. The fraction of sp³-hybridized carbons (Fsp3) is 0.167. The highest BCUT2D eigenvalue weighted by molar-refractivity contribution is 5.80. The van der Waals surface area contributed by atoms with Gasteiger partial charge in [-0.15, -0.1) is 0 Å². The molecule has 27 heavy (non-hydrogen) atoms. The van der Waals surface area contributed by atoms with E-state index in [2.05, 4.69) is 0 Å². The zero-order chi connectivity index (χ0) is 20.5. The molecule has 0 saturated heterocycles. The minimum Gasteiger partial charge on any atom is -0.478 e. The summed E-state index contributed by atoms with van der Waals surface area (Å²) >= 11 is 0. The van der Waals surface area contributed by atoms with Crippen molar-refractivity contribution >= 4 is 12.3 Å². The molecule has 0 radical (unpaired) electrons. The molecule has 0 fully saturated rings. The fourth-order valence-corrected chi connectivity index (χ4v) is 1.73. The molecule has 0 aliphatic heterocycles. The van der Waals surface area contributed by atoms with Crippen molar-refractivity contribution in [2.24, 2.45) is 0 Å². The number of hydrogen-bond acceptors (Lipinski definition) is 2. The quantitative estimate of drug-likeness (QED) is 0.301. The lowest BCUT2D eigenvalue weighted by molar-refractivity contribution is -0.131. The number of carboxylic acids is 1. The molecule has 0 unspecified atom stereocenters. The lowest BCUT2D eigenvalue weighted by Gasteiger charge is -1.90. The third-order valence-electron chi connectivity index (χ3n) is 3.19. The third kappa shape index (κ3) is 16.0. The Morgan fingerprint density at radius 1 is 0.556 bits per heavy atom. The standard InChI is InChI=1S/C24H28O3/c1-20(12-7-14-22(3)16-9-19-25)10-5-6-11-21(2)13-8-15-23(4)17-18-24(26)27/h5-19H,1-4H3,(H,26,27)/b6-5+,12-7+,13-8+,16-9+,18-17+,20-10+,21-11+,22-14-,23-15+. The molecule has 0 atom stereocenters. The first-order valence-electron chi connectivity index (χ1n) is 8.59. The molecule has 1 N–H and O–H groups in total. The third-order valence-corrected chi connectivity index (χ3v) is 3.19. The van der Waals surface area contributed by atoms with Crippen LogP contribution >= 0.6 is 0 Å². The summed E-state index contributed by atoms with van der Waals surface area (Å²) in [5.74, 6) is -0.952. The van der Waals surface area contributed by atoms with Gasteiger partial charge < -0.3 is 5.11 Å². The minimum absolute atomic E-state index is 0.760. The van der Waals surface area contributed by atoms with Crippen LogP contribution in [-0.2, 0) is 9.59 Å². The van der Waals surface area contributed by atoms with Gasteiger partial charge in [0.1, 0.15) is 6.29 Å². The number of aliphatic carboxylic acids is 1. The van der Waals surface area contributed by atoms with Gasteiger partial charge in [-0.1, -0.05) is 95.2 Å². The van der Waals surface area contributed by atoms with Gasteiger partial charge in [-0.25, -0.2) is 4.79 Å². The van der Waals surface area contributed by atoms with Crippen molar-refractivity contribution in [3.63, 3.8) is 0 Å². The molecule has 0 rings (SSSR count). The van der Waals surface area contributed by atoms with Crippen molar-refractivity contribution in [2.45, 2.75) is 27.7 Å². The first kappa shape index (κ1) is 23.8. The highest BCUT2D eigenvalue weighted by Gasteiger charge is 1.85. The zero-order valence-corrected chi connectivity index (χ0v) is 16.4. The van der Waals surface area contributed by atoms with Crippen molar-refractivity contribution in [3.05, 3.63) is 107 Å². The van der Waals surface area contributed by atoms with Gasteiger partial charge in [-0.05, 0) is 33.8 Å². The summed E-state index contributed by atoms with van der Waals surface area (Å²) < 4.78 is 0. The molecule has 3 nitrogen and oxygen atoms in total. The first-order chi connectivity index (χ1) is 12.8. The minimum atomic E-state index is -0.952. The Labute approximate surface area is 162 Å². The van der Waals surface area contributed by atoms with Gasteiger partial charge in [0.25, 0.3) is 0 Å². The van der Waals surface area contributed by atoms with E-state index in [1.165, 1.54) is 6.08 Å². The van der Waals surface area contributed by atoms with E-state index in [4.69, 9.17) is 5.11 Å². The number of carbonyl (C=O) groups excluding carboxylic acids is 1. The summed E-state index contributed by atoms with van der Waals surface area (Å²) in [5.41, 5.74) is 4.07. The van der Waals surface area contributed by atoms with E-state index >= 15 is 0 Å². The molecule has 0 aromatic rings. The Hall–Kier alpha value is -3.20. The number of carbonyl (C=O) groups is 2. The number of rotatable bonds is 10. The maximum Gasteiger partial charge on any atom is 0.328 e. The first-order valence-corrected chi connectivity index (χ1v) is 8.59. The normalized spacial score (nSPS) is 15.3. The van der Waals surface area contributed by atoms with Crippen LogP contribution < -0.4 is 0 Å². The predicted octanol–water partition coefficient (Wildman–Crippen LogP) is 5.84. The molecule has 0 bridgehead atoms. The van der Waals surface area contributed by atoms with Crippen molar-refractivity contribution in [1.29, 1.82) is 0 Å². The molecule has 0 amide bonds. The van der Waals surface area contributed by atoms with Crippen LogP contribution in [0.2, 0.25) is 0 Å². The lowest BCUT2D eigenvalue weighted by Crippen LogP contribution is -1.85. The molecule has 0 aromatic heterocycles. The van der Waals surface area contributed by atoms with Gasteiger partial charge in [0, 0.05) is 6.08 Å². The van der Waals surface area contributed by atoms with E-state index in [1.54, 1.807) is 12.2 Å². The Bertz CT molecular complexity index is 761. The SMILES string of the molecule is CC(=C/C=C/C(C)=C/C=C/C=C(C)/C=C/C=C(C)/C=C/C(=O)O)/C=C/C=O. The molecule has 3 heteroatoms. The van der Waals surface area contributed by atoms with E-state index in [-0.39, 0.29) is 0 Å². The average molecular weight is 364 g/mol. The Morgan fingerprint density at radius 3 is 1.33 bits per heavy atom. The van der Waals surface area contributed by atoms with Gasteiger partial charge in [0.05, 0.1) is 0 Å². The zero-order valence-electron chi connectivity index (χ0n) is 16.4. The fourth-order valence-electron chi connectivity index (χ4n) is 1.73. The van der Waals surface area contributed by atoms with Gasteiger partial charge in [-0.3, -0.25) is 4.79 Å². The number of aldehydes is 1. The average Bonchev–Trinajstić information content (AvgIpc) is 2.61. The van der Waals surface area contributed by atoms with Crippen LogP contribution in [0.5, 0.6) is 0 Å². The molecule has 0 saturated carbocycles. The molecule has 0 heterocycles. The van der Waals surface area contributed by atoms with Crippen LogP contribution in [-0.4, -0.2) is 17.4 Å². The summed E-state index contributed by atoms with van der Waals surface area (Å²) in [4.78, 5) is 20.7. The largest absolute Gasteiger partial charge is 0.478 e. The predicted molar refractivity (Wildman–Crippen MR) is 114 cm³/mol. The topological polar surface area (TPSA) is 54.4 Å². The Morgan fingerprint density at radius 2 is 0.926 bits per heavy atom. The summed E-state index contributed by atoms with van der Waals surface area (Å²) in [6, 6.07) is 0. The van der Waals surface area contributed by atoms with Crippen LogP contribution in [0.3, 0.4) is 0 Å². The second-order valence-electron chi connectivity index (χ2n) is 5.91. The second kappa shape index (κ2) is 15.1.